The highest BCUT2D eigenvalue weighted by Gasteiger charge is 2.17. The molecule has 0 bridgehead atoms. The molecule has 1 aromatic rings. The first-order chi connectivity index (χ1) is 7.79. The van der Waals surface area contributed by atoms with Crippen molar-refractivity contribution in [2.24, 2.45) is 5.92 Å². The average molecular weight is 243 g/mol. The van der Waals surface area contributed by atoms with Gasteiger partial charge in [0.05, 0.1) is 5.38 Å². The van der Waals surface area contributed by atoms with Gasteiger partial charge in [-0.05, 0) is 18.8 Å². The van der Waals surface area contributed by atoms with Crippen LogP contribution in [0.15, 0.2) is 4.52 Å². The summed E-state index contributed by atoms with van der Waals surface area (Å²) in [5.74, 6) is 2.26. The van der Waals surface area contributed by atoms with Crippen LogP contribution in [0.4, 0.5) is 0 Å². The minimum Gasteiger partial charge on any atom is -0.339 e. The third kappa shape index (κ3) is 2.97. The lowest BCUT2D eigenvalue weighted by atomic mass is 10.0. The third-order valence-corrected chi connectivity index (χ3v) is 3.87. The summed E-state index contributed by atoms with van der Waals surface area (Å²) in [6.07, 6.45) is 8.44. The number of aromatic nitrogens is 2. The zero-order valence-corrected chi connectivity index (χ0v) is 10.5. The molecule has 3 nitrogen and oxygen atoms in total. The standard InChI is InChI=1S/C12H19ClN2O/c1-2-10(13)12-14-11(16-15-12)8-7-9-5-3-4-6-9/h9-10H,2-8H2,1H3. The molecule has 1 heterocycles. The van der Waals surface area contributed by atoms with Crippen LogP contribution >= 0.6 is 11.6 Å². The highest BCUT2D eigenvalue weighted by atomic mass is 35.5. The molecule has 4 heteroatoms. The van der Waals surface area contributed by atoms with Crippen molar-refractivity contribution in [3.05, 3.63) is 11.7 Å². The molecule has 1 aliphatic rings. The maximum atomic E-state index is 6.05. The molecule has 0 N–H and O–H groups in total. The van der Waals surface area contributed by atoms with Crippen LogP contribution in [-0.2, 0) is 6.42 Å². The van der Waals surface area contributed by atoms with Crippen LogP contribution in [0.25, 0.3) is 0 Å². The van der Waals surface area contributed by atoms with Crippen molar-refractivity contribution in [2.75, 3.05) is 0 Å². The smallest absolute Gasteiger partial charge is 0.226 e. The van der Waals surface area contributed by atoms with Crippen molar-refractivity contribution in [3.63, 3.8) is 0 Å². The lowest BCUT2D eigenvalue weighted by Crippen LogP contribution is -1.97. The first kappa shape index (κ1) is 11.9. The second-order valence-electron chi connectivity index (χ2n) is 4.61. The zero-order valence-electron chi connectivity index (χ0n) is 9.79. The van der Waals surface area contributed by atoms with Gasteiger partial charge < -0.3 is 4.52 Å². The minimum absolute atomic E-state index is 0.107. The fraction of sp³-hybridized carbons (Fsp3) is 0.833. The van der Waals surface area contributed by atoms with Crippen molar-refractivity contribution in [1.82, 2.24) is 10.1 Å². The first-order valence-corrected chi connectivity index (χ1v) is 6.69. The highest BCUT2D eigenvalue weighted by Crippen LogP contribution is 2.28. The van der Waals surface area contributed by atoms with E-state index in [9.17, 15) is 0 Å². The second-order valence-corrected chi connectivity index (χ2v) is 5.14. The summed E-state index contributed by atoms with van der Waals surface area (Å²) in [5.41, 5.74) is 0. The Kier molecular flexibility index (Phi) is 4.22. The molecular weight excluding hydrogens is 224 g/mol. The Bertz CT molecular complexity index is 321. The first-order valence-electron chi connectivity index (χ1n) is 6.26. The maximum absolute atomic E-state index is 6.05. The molecule has 1 fully saturated rings. The molecule has 2 rings (SSSR count). The Labute approximate surface area is 102 Å². The summed E-state index contributed by atoms with van der Waals surface area (Å²) < 4.78 is 5.20. The molecule has 1 atom stereocenters. The van der Waals surface area contributed by atoms with Gasteiger partial charge in [0.15, 0.2) is 5.82 Å². The van der Waals surface area contributed by atoms with Crippen molar-refractivity contribution >= 4 is 11.6 Å². The van der Waals surface area contributed by atoms with Crippen LogP contribution in [0.5, 0.6) is 0 Å². The van der Waals surface area contributed by atoms with E-state index in [0.717, 1.165) is 24.7 Å². The van der Waals surface area contributed by atoms with E-state index in [1.54, 1.807) is 0 Å². The topological polar surface area (TPSA) is 38.9 Å². The van der Waals surface area contributed by atoms with E-state index >= 15 is 0 Å². The van der Waals surface area contributed by atoms with Crippen LogP contribution in [0.3, 0.4) is 0 Å². The van der Waals surface area contributed by atoms with E-state index in [-0.39, 0.29) is 5.38 Å². The normalized spacial score (nSPS) is 19.1. The quantitative estimate of drug-likeness (QED) is 0.736. The van der Waals surface area contributed by atoms with E-state index in [0.29, 0.717) is 5.82 Å². The van der Waals surface area contributed by atoms with Crippen LogP contribution in [0, 0.1) is 5.92 Å². The van der Waals surface area contributed by atoms with Crippen LogP contribution in [0.2, 0.25) is 0 Å². The van der Waals surface area contributed by atoms with Gasteiger partial charge in [-0.25, -0.2) is 0 Å². The summed E-state index contributed by atoms with van der Waals surface area (Å²) in [6.45, 7) is 2.02. The Morgan fingerprint density at radius 3 is 2.88 bits per heavy atom. The number of alkyl halides is 1. The van der Waals surface area contributed by atoms with Gasteiger partial charge in [0, 0.05) is 6.42 Å². The Balaban J connectivity index is 1.82. The summed E-state index contributed by atoms with van der Waals surface area (Å²) in [7, 11) is 0. The van der Waals surface area contributed by atoms with Crippen molar-refractivity contribution in [1.29, 1.82) is 0 Å². The van der Waals surface area contributed by atoms with Crippen LogP contribution in [-0.4, -0.2) is 10.1 Å². The van der Waals surface area contributed by atoms with Gasteiger partial charge in [-0.3, -0.25) is 0 Å². The summed E-state index contributed by atoms with van der Waals surface area (Å²) >= 11 is 6.05. The van der Waals surface area contributed by atoms with E-state index < -0.39 is 0 Å². The van der Waals surface area contributed by atoms with Gasteiger partial charge in [0.1, 0.15) is 0 Å². The Morgan fingerprint density at radius 2 is 2.19 bits per heavy atom. The Hall–Kier alpha value is -0.570. The molecule has 1 aromatic heterocycles. The molecule has 1 unspecified atom stereocenters. The molecule has 16 heavy (non-hydrogen) atoms. The molecule has 90 valence electrons. The van der Waals surface area contributed by atoms with Crippen molar-refractivity contribution in [3.8, 4) is 0 Å². The SMILES string of the molecule is CCC(Cl)c1noc(CCC2CCCC2)n1. The number of aryl methyl sites for hydroxylation is 1. The lowest BCUT2D eigenvalue weighted by Gasteiger charge is -2.04. The molecule has 1 aliphatic carbocycles. The van der Waals surface area contributed by atoms with E-state index in [4.69, 9.17) is 16.1 Å². The minimum atomic E-state index is -0.107. The number of nitrogens with zero attached hydrogens (tertiary/aromatic N) is 2. The monoisotopic (exact) mass is 242 g/mol. The van der Waals surface area contributed by atoms with Gasteiger partial charge in [0.25, 0.3) is 0 Å². The van der Waals surface area contributed by atoms with Gasteiger partial charge in [-0.1, -0.05) is 37.8 Å². The van der Waals surface area contributed by atoms with E-state index in [1.807, 2.05) is 6.92 Å². The zero-order chi connectivity index (χ0) is 11.4. The third-order valence-electron chi connectivity index (χ3n) is 3.36. The maximum Gasteiger partial charge on any atom is 0.226 e. The van der Waals surface area contributed by atoms with Gasteiger partial charge in [-0.15, -0.1) is 11.6 Å². The number of halogens is 1. The van der Waals surface area contributed by atoms with E-state index in [1.165, 1.54) is 32.1 Å². The summed E-state index contributed by atoms with van der Waals surface area (Å²) in [5, 5.41) is 3.81. The average Bonchev–Trinajstić information content (AvgIpc) is 2.96. The molecule has 0 aromatic carbocycles. The predicted octanol–water partition coefficient (Wildman–Crippen LogP) is 3.88. The van der Waals surface area contributed by atoms with Gasteiger partial charge in [-0.2, -0.15) is 4.98 Å². The van der Waals surface area contributed by atoms with Gasteiger partial charge in [0.2, 0.25) is 5.89 Å². The summed E-state index contributed by atoms with van der Waals surface area (Å²) in [6, 6.07) is 0. The molecule has 0 amide bonds. The molecule has 0 spiro atoms. The largest absolute Gasteiger partial charge is 0.339 e. The number of hydrogen-bond acceptors (Lipinski definition) is 3. The molecular formula is C12H19ClN2O. The van der Waals surface area contributed by atoms with Crippen molar-refractivity contribution in [2.45, 2.75) is 57.2 Å². The fourth-order valence-electron chi connectivity index (χ4n) is 2.31. The fourth-order valence-corrected chi connectivity index (χ4v) is 2.39. The van der Waals surface area contributed by atoms with Crippen LogP contribution < -0.4 is 0 Å². The molecule has 0 radical (unpaired) electrons. The predicted molar refractivity (Wildman–Crippen MR) is 63.5 cm³/mol. The number of hydrogen-bond donors (Lipinski definition) is 0. The van der Waals surface area contributed by atoms with Gasteiger partial charge >= 0.3 is 0 Å². The van der Waals surface area contributed by atoms with Crippen molar-refractivity contribution < 1.29 is 4.52 Å². The summed E-state index contributed by atoms with van der Waals surface area (Å²) in [4.78, 5) is 4.33. The van der Waals surface area contributed by atoms with Crippen LogP contribution in [0.1, 0.15) is 62.5 Å². The van der Waals surface area contributed by atoms with E-state index in [2.05, 4.69) is 10.1 Å². The molecule has 1 saturated carbocycles. The lowest BCUT2D eigenvalue weighted by molar-refractivity contribution is 0.357. The molecule has 0 aliphatic heterocycles. The number of rotatable bonds is 5. The molecule has 0 saturated heterocycles. The highest BCUT2D eigenvalue weighted by molar-refractivity contribution is 6.20. The second kappa shape index (κ2) is 5.67. The Morgan fingerprint density at radius 1 is 1.44 bits per heavy atom.